The second-order valence-electron chi connectivity index (χ2n) is 6.34. The van der Waals surface area contributed by atoms with Gasteiger partial charge in [0.2, 0.25) is 5.75 Å². The van der Waals surface area contributed by atoms with Crippen LogP contribution in [0.3, 0.4) is 0 Å². The lowest BCUT2D eigenvalue weighted by Crippen LogP contribution is -2.33. The van der Waals surface area contributed by atoms with Crippen LogP contribution >= 0.6 is 11.8 Å². The predicted molar refractivity (Wildman–Crippen MR) is 116 cm³/mol. The third kappa shape index (κ3) is 5.38. The first-order valence-corrected chi connectivity index (χ1v) is 10.4. The number of pyridine rings is 1. The highest BCUT2D eigenvalue weighted by Gasteiger charge is 2.15. The summed E-state index contributed by atoms with van der Waals surface area (Å²) in [7, 11) is 4.60. The first-order chi connectivity index (χ1) is 14.1. The number of hydrogen-bond donors (Lipinski definition) is 2. The molecule has 156 valence electrons. The number of carbonyl (C=O) groups excluding carboxylic acids is 1. The summed E-state index contributed by atoms with van der Waals surface area (Å²) in [5.74, 6) is 4.60. The Morgan fingerprint density at radius 2 is 1.79 bits per heavy atom. The van der Waals surface area contributed by atoms with Crippen molar-refractivity contribution in [2.75, 3.05) is 56.1 Å². The molecule has 0 aliphatic carbocycles. The van der Waals surface area contributed by atoms with E-state index in [9.17, 15) is 4.79 Å². The molecule has 1 aromatic carbocycles. The summed E-state index contributed by atoms with van der Waals surface area (Å²) in [6, 6.07) is 6.96. The number of amides is 2. The van der Waals surface area contributed by atoms with E-state index in [1.54, 1.807) is 18.3 Å². The fourth-order valence-electron chi connectivity index (χ4n) is 3.05. The van der Waals surface area contributed by atoms with Gasteiger partial charge >= 0.3 is 6.03 Å². The van der Waals surface area contributed by atoms with Gasteiger partial charge in [0.05, 0.1) is 27.0 Å². The Balaban J connectivity index is 1.61. The maximum Gasteiger partial charge on any atom is 0.319 e. The third-order valence-electron chi connectivity index (χ3n) is 4.52. The summed E-state index contributed by atoms with van der Waals surface area (Å²) in [5.41, 5.74) is 1.53. The molecule has 2 amide bonds. The van der Waals surface area contributed by atoms with Crippen molar-refractivity contribution >= 4 is 29.3 Å². The van der Waals surface area contributed by atoms with Crippen LogP contribution in [0.15, 0.2) is 30.5 Å². The molecule has 3 rings (SSSR count). The van der Waals surface area contributed by atoms with E-state index in [4.69, 9.17) is 14.2 Å². The van der Waals surface area contributed by atoms with Crippen molar-refractivity contribution in [2.45, 2.75) is 6.54 Å². The number of anilines is 2. The minimum Gasteiger partial charge on any atom is -0.493 e. The van der Waals surface area contributed by atoms with E-state index in [2.05, 4.69) is 20.5 Å². The van der Waals surface area contributed by atoms with Crippen LogP contribution in [-0.4, -0.2) is 56.9 Å². The Kier molecular flexibility index (Phi) is 7.29. The van der Waals surface area contributed by atoms with Gasteiger partial charge in [-0.05, 0) is 17.7 Å². The zero-order valence-corrected chi connectivity index (χ0v) is 17.7. The monoisotopic (exact) mass is 418 g/mol. The molecular weight excluding hydrogens is 392 g/mol. The van der Waals surface area contributed by atoms with Gasteiger partial charge in [-0.15, -0.1) is 0 Å². The van der Waals surface area contributed by atoms with Crippen LogP contribution in [0.5, 0.6) is 17.2 Å². The summed E-state index contributed by atoms with van der Waals surface area (Å²) < 4.78 is 15.9. The van der Waals surface area contributed by atoms with Gasteiger partial charge < -0.3 is 29.7 Å². The van der Waals surface area contributed by atoms with Gasteiger partial charge in [-0.1, -0.05) is 0 Å². The normalized spacial score (nSPS) is 13.6. The molecule has 0 radical (unpaired) electrons. The van der Waals surface area contributed by atoms with Crippen LogP contribution in [0, 0.1) is 0 Å². The number of methoxy groups -OCH3 is 3. The lowest BCUT2D eigenvalue weighted by molar-refractivity contribution is 0.251. The Hall–Kier alpha value is -2.81. The van der Waals surface area contributed by atoms with E-state index in [-0.39, 0.29) is 6.03 Å². The van der Waals surface area contributed by atoms with E-state index in [0.29, 0.717) is 29.5 Å². The molecule has 29 heavy (non-hydrogen) atoms. The number of urea groups is 1. The van der Waals surface area contributed by atoms with E-state index < -0.39 is 0 Å². The van der Waals surface area contributed by atoms with Gasteiger partial charge in [-0.2, -0.15) is 11.8 Å². The average Bonchev–Trinajstić information content (AvgIpc) is 2.77. The zero-order chi connectivity index (χ0) is 20.6. The molecule has 1 saturated heterocycles. The molecule has 2 N–H and O–H groups in total. The smallest absolute Gasteiger partial charge is 0.319 e. The second-order valence-corrected chi connectivity index (χ2v) is 7.57. The Bertz CT molecular complexity index is 818. The Morgan fingerprint density at radius 3 is 2.41 bits per heavy atom. The molecule has 2 aromatic rings. The van der Waals surface area contributed by atoms with Crippen molar-refractivity contribution in [3.05, 3.63) is 36.0 Å². The highest BCUT2D eigenvalue weighted by molar-refractivity contribution is 7.99. The molecule has 8 nitrogen and oxygen atoms in total. The van der Waals surface area contributed by atoms with Crippen molar-refractivity contribution in [3.63, 3.8) is 0 Å². The molecule has 2 heterocycles. The number of benzene rings is 1. The molecular formula is C20H26N4O4S. The van der Waals surface area contributed by atoms with Gasteiger partial charge in [0, 0.05) is 49.5 Å². The maximum absolute atomic E-state index is 12.4. The van der Waals surface area contributed by atoms with Gasteiger partial charge in [-0.25, -0.2) is 9.78 Å². The maximum atomic E-state index is 12.4. The van der Waals surface area contributed by atoms with Gasteiger partial charge in [0.15, 0.2) is 11.5 Å². The fraction of sp³-hybridized carbons (Fsp3) is 0.400. The second kappa shape index (κ2) is 10.1. The summed E-state index contributed by atoms with van der Waals surface area (Å²) in [5, 5.41) is 5.66. The van der Waals surface area contributed by atoms with Crippen molar-refractivity contribution in [2.24, 2.45) is 0 Å². The van der Waals surface area contributed by atoms with Crippen molar-refractivity contribution in [3.8, 4) is 17.2 Å². The number of aromatic nitrogens is 1. The number of nitrogens with zero attached hydrogens (tertiary/aromatic N) is 2. The topological polar surface area (TPSA) is 85.0 Å². The number of carbonyl (C=O) groups is 1. The molecule has 1 fully saturated rings. The summed E-state index contributed by atoms with van der Waals surface area (Å²) >= 11 is 1.96. The number of rotatable bonds is 7. The summed E-state index contributed by atoms with van der Waals surface area (Å²) in [6.45, 7) is 2.39. The standard InChI is InChI=1S/C20H26N4O4S/c1-26-16-11-15(12-17(27-2)19(16)28-3)23-20(25)22-13-14-4-5-21-18(10-14)24-6-8-29-9-7-24/h4-5,10-12H,6-9,13H2,1-3H3,(H2,22,23,25). The van der Waals surface area contributed by atoms with Crippen LogP contribution in [0.25, 0.3) is 0 Å². The molecule has 0 atom stereocenters. The highest BCUT2D eigenvalue weighted by atomic mass is 32.2. The first-order valence-electron chi connectivity index (χ1n) is 9.27. The highest BCUT2D eigenvalue weighted by Crippen LogP contribution is 2.39. The largest absolute Gasteiger partial charge is 0.493 e. The number of ether oxygens (including phenoxy) is 3. The van der Waals surface area contributed by atoms with Crippen LogP contribution in [0.1, 0.15) is 5.56 Å². The van der Waals surface area contributed by atoms with E-state index in [1.165, 1.54) is 21.3 Å². The molecule has 1 aliphatic rings. The minimum absolute atomic E-state index is 0.327. The van der Waals surface area contributed by atoms with E-state index >= 15 is 0 Å². The van der Waals surface area contributed by atoms with E-state index in [1.807, 2.05) is 23.9 Å². The van der Waals surface area contributed by atoms with Crippen LogP contribution in [0.2, 0.25) is 0 Å². The Labute approximate surface area is 174 Å². The van der Waals surface area contributed by atoms with Gasteiger partial charge in [-0.3, -0.25) is 0 Å². The van der Waals surface area contributed by atoms with Crippen LogP contribution in [0.4, 0.5) is 16.3 Å². The minimum atomic E-state index is -0.327. The first kappa shape index (κ1) is 20.9. The molecule has 1 aliphatic heterocycles. The predicted octanol–water partition coefficient (Wildman–Crippen LogP) is 2.98. The quantitative estimate of drug-likeness (QED) is 0.715. The van der Waals surface area contributed by atoms with Crippen LogP contribution in [-0.2, 0) is 6.54 Å². The third-order valence-corrected chi connectivity index (χ3v) is 5.46. The molecule has 0 bridgehead atoms. The van der Waals surface area contributed by atoms with Crippen LogP contribution < -0.4 is 29.7 Å². The molecule has 0 spiro atoms. The lowest BCUT2D eigenvalue weighted by atomic mass is 10.2. The number of nitrogens with one attached hydrogen (secondary N) is 2. The molecule has 0 unspecified atom stereocenters. The van der Waals surface area contributed by atoms with Crippen molar-refractivity contribution in [1.29, 1.82) is 0 Å². The van der Waals surface area contributed by atoms with Crippen molar-refractivity contribution in [1.82, 2.24) is 10.3 Å². The summed E-state index contributed by atoms with van der Waals surface area (Å²) in [4.78, 5) is 19.1. The SMILES string of the molecule is COc1cc(NC(=O)NCc2ccnc(N3CCSCC3)c2)cc(OC)c1OC. The molecule has 9 heteroatoms. The number of thioether (sulfide) groups is 1. The van der Waals surface area contributed by atoms with Gasteiger partial charge in [0.1, 0.15) is 5.82 Å². The Morgan fingerprint density at radius 1 is 1.10 bits per heavy atom. The fourth-order valence-corrected chi connectivity index (χ4v) is 3.95. The van der Waals surface area contributed by atoms with Crippen molar-refractivity contribution < 1.29 is 19.0 Å². The zero-order valence-electron chi connectivity index (χ0n) is 16.9. The summed E-state index contributed by atoms with van der Waals surface area (Å²) in [6.07, 6.45) is 1.78. The average molecular weight is 419 g/mol. The lowest BCUT2D eigenvalue weighted by Gasteiger charge is -2.27. The number of hydrogen-bond acceptors (Lipinski definition) is 7. The van der Waals surface area contributed by atoms with Gasteiger partial charge in [0.25, 0.3) is 0 Å². The molecule has 1 aromatic heterocycles. The van der Waals surface area contributed by atoms with E-state index in [0.717, 1.165) is 36.0 Å². The molecule has 0 saturated carbocycles.